The summed E-state index contributed by atoms with van der Waals surface area (Å²) in [5, 5.41) is 3.12. The third kappa shape index (κ3) is 6.35. The van der Waals surface area contributed by atoms with Crippen LogP contribution in [0, 0.1) is 0 Å². The highest BCUT2D eigenvalue weighted by Gasteiger charge is 2.22. The second-order valence-electron chi connectivity index (χ2n) is 5.15. The molecular weight excluding hydrogens is 238 g/mol. The molecule has 0 aliphatic carbocycles. The molecule has 1 aliphatic heterocycles. The zero-order valence-electron chi connectivity index (χ0n) is 11.1. The number of rotatable bonds is 6. The Morgan fingerprint density at radius 1 is 1.41 bits per heavy atom. The Morgan fingerprint density at radius 3 is 2.71 bits per heavy atom. The van der Waals surface area contributed by atoms with Crippen molar-refractivity contribution >= 4 is 10.0 Å². The first kappa shape index (κ1) is 14.9. The molecule has 0 aromatic carbocycles. The van der Waals surface area contributed by atoms with E-state index in [0.29, 0.717) is 12.6 Å². The van der Waals surface area contributed by atoms with E-state index in [1.165, 1.54) is 0 Å². The minimum absolute atomic E-state index is 0.0813. The van der Waals surface area contributed by atoms with E-state index in [-0.39, 0.29) is 11.8 Å². The number of nitrogens with one attached hydrogen (secondary N) is 2. The van der Waals surface area contributed by atoms with E-state index in [1.54, 1.807) is 0 Å². The van der Waals surface area contributed by atoms with Crippen molar-refractivity contribution in [2.75, 3.05) is 32.4 Å². The van der Waals surface area contributed by atoms with Crippen LogP contribution >= 0.6 is 0 Å². The molecule has 5 nitrogen and oxygen atoms in total. The fourth-order valence-corrected chi connectivity index (χ4v) is 3.26. The molecule has 1 atom stereocenters. The lowest BCUT2D eigenvalue weighted by Gasteiger charge is -2.30. The first-order chi connectivity index (χ1) is 7.89. The summed E-state index contributed by atoms with van der Waals surface area (Å²) >= 11 is 0. The third-order valence-electron chi connectivity index (χ3n) is 2.89. The molecule has 0 radical (unpaired) electrons. The predicted molar refractivity (Wildman–Crippen MR) is 70.6 cm³/mol. The summed E-state index contributed by atoms with van der Waals surface area (Å²) in [5.41, 5.74) is 0. The lowest BCUT2D eigenvalue weighted by molar-refractivity contribution is 0.242. The summed E-state index contributed by atoms with van der Waals surface area (Å²) in [4.78, 5) is 2.17. The first-order valence-corrected chi connectivity index (χ1v) is 7.96. The molecule has 0 bridgehead atoms. The number of nitrogens with zero attached hydrogens (tertiary/aromatic N) is 1. The summed E-state index contributed by atoms with van der Waals surface area (Å²) in [6.45, 7) is 6.41. The molecule has 17 heavy (non-hydrogen) atoms. The summed E-state index contributed by atoms with van der Waals surface area (Å²) in [6, 6.07) is 0.406. The molecule has 0 aromatic heterocycles. The minimum atomic E-state index is -3.14. The van der Waals surface area contributed by atoms with Gasteiger partial charge in [0, 0.05) is 25.2 Å². The zero-order chi connectivity index (χ0) is 12.9. The van der Waals surface area contributed by atoms with Gasteiger partial charge in [0.15, 0.2) is 0 Å². The van der Waals surface area contributed by atoms with Gasteiger partial charge in [-0.25, -0.2) is 13.1 Å². The van der Waals surface area contributed by atoms with Crippen LogP contribution in [0.1, 0.15) is 26.7 Å². The summed E-state index contributed by atoms with van der Waals surface area (Å²) in [6.07, 6.45) is 2.01. The molecule has 0 spiro atoms. The highest BCUT2D eigenvalue weighted by Crippen LogP contribution is 2.08. The molecular formula is C11H25N3O2S. The third-order valence-corrected chi connectivity index (χ3v) is 4.33. The van der Waals surface area contributed by atoms with Gasteiger partial charge in [0.2, 0.25) is 10.0 Å². The molecule has 1 fully saturated rings. The number of sulfonamides is 1. The van der Waals surface area contributed by atoms with Crippen molar-refractivity contribution in [3.05, 3.63) is 0 Å². The van der Waals surface area contributed by atoms with Gasteiger partial charge in [-0.15, -0.1) is 0 Å². The van der Waals surface area contributed by atoms with Gasteiger partial charge in [-0.3, -0.25) is 0 Å². The van der Waals surface area contributed by atoms with Crippen molar-refractivity contribution < 1.29 is 8.42 Å². The highest BCUT2D eigenvalue weighted by atomic mass is 32.2. The normalized spacial score (nSPS) is 23.2. The van der Waals surface area contributed by atoms with E-state index < -0.39 is 10.0 Å². The van der Waals surface area contributed by atoms with Crippen molar-refractivity contribution in [2.24, 2.45) is 0 Å². The maximum Gasteiger partial charge on any atom is 0.213 e. The second-order valence-corrected chi connectivity index (χ2v) is 7.02. The molecule has 102 valence electrons. The predicted octanol–water partition coefficient (Wildman–Crippen LogP) is -0.00200. The van der Waals surface area contributed by atoms with Gasteiger partial charge in [0.05, 0.1) is 5.75 Å². The van der Waals surface area contributed by atoms with Gasteiger partial charge < -0.3 is 10.2 Å². The number of likely N-dealkylation sites (N-methyl/N-ethyl adjacent to an activating group) is 1. The Labute approximate surface area is 105 Å². The van der Waals surface area contributed by atoms with Crippen LogP contribution in [0.25, 0.3) is 0 Å². The number of likely N-dealkylation sites (tertiary alicyclic amines) is 1. The lowest BCUT2D eigenvalue weighted by Crippen LogP contribution is -2.47. The van der Waals surface area contributed by atoms with Gasteiger partial charge in [-0.1, -0.05) is 13.8 Å². The molecule has 1 rings (SSSR count). The standard InChI is InChI=1S/C11H25N3O2S/c1-10(2)12-6-8-17(15,16)13-11-5-4-7-14(3)9-11/h10-13H,4-9H2,1-3H3. The van der Waals surface area contributed by atoms with Gasteiger partial charge in [0.1, 0.15) is 0 Å². The van der Waals surface area contributed by atoms with E-state index in [1.807, 2.05) is 20.9 Å². The smallest absolute Gasteiger partial charge is 0.213 e. The Hall–Kier alpha value is -0.170. The molecule has 0 aromatic rings. The number of hydrogen-bond donors (Lipinski definition) is 2. The molecule has 1 saturated heterocycles. The van der Waals surface area contributed by atoms with E-state index in [9.17, 15) is 8.42 Å². The average molecular weight is 263 g/mol. The fourth-order valence-electron chi connectivity index (χ4n) is 2.06. The molecule has 0 amide bonds. The number of hydrogen-bond acceptors (Lipinski definition) is 4. The Morgan fingerprint density at radius 2 is 2.12 bits per heavy atom. The van der Waals surface area contributed by atoms with Crippen LogP contribution in [0.4, 0.5) is 0 Å². The summed E-state index contributed by atoms with van der Waals surface area (Å²) in [7, 11) is -1.11. The molecule has 2 N–H and O–H groups in total. The summed E-state index contributed by atoms with van der Waals surface area (Å²) < 4.78 is 26.4. The maximum atomic E-state index is 11.8. The number of piperidine rings is 1. The Kier molecular flexibility index (Phi) is 5.85. The molecule has 1 heterocycles. The van der Waals surface area contributed by atoms with Crippen molar-refractivity contribution in [1.29, 1.82) is 0 Å². The highest BCUT2D eigenvalue weighted by molar-refractivity contribution is 7.89. The zero-order valence-corrected chi connectivity index (χ0v) is 11.9. The van der Waals surface area contributed by atoms with Crippen LogP contribution in [0.15, 0.2) is 0 Å². The largest absolute Gasteiger partial charge is 0.313 e. The van der Waals surface area contributed by atoms with Crippen LogP contribution in [0.5, 0.6) is 0 Å². The second kappa shape index (κ2) is 6.68. The van der Waals surface area contributed by atoms with Gasteiger partial charge in [0.25, 0.3) is 0 Å². The van der Waals surface area contributed by atoms with Crippen LogP contribution in [0.3, 0.4) is 0 Å². The average Bonchev–Trinajstić information content (AvgIpc) is 2.15. The SMILES string of the molecule is CC(C)NCCS(=O)(=O)NC1CCCN(C)C1. The topological polar surface area (TPSA) is 61.4 Å². The van der Waals surface area contributed by atoms with Gasteiger partial charge >= 0.3 is 0 Å². The minimum Gasteiger partial charge on any atom is -0.313 e. The molecule has 6 heteroatoms. The van der Waals surface area contributed by atoms with Crippen molar-refractivity contribution in [3.63, 3.8) is 0 Å². The first-order valence-electron chi connectivity index (χ1n) is 6.31. The van der Waals surface area contributed by atoms with Crippen LogP contribution < -0.4 is 10.0 Å². The summed E-state index contributed by atoms with van der Waals surface area (Å²) in [5.74, 6) is 0.158. The maximum absolute atomic E-state index is 11.8. The molecule has 1 aliphatic rings. The van der Waals surface area contributed by atoms with E-state index >= 15 is 0 Å². The van der Waals surface area contributed by atoms with E-state index in [0.717, 1.165) is 25.9 Å². The van der Waals surface area contributed by atoms with Crippen LogP contribution in [-0.4, -0.2) is 57.8 Å². The quantitative estimate of drug-likeness (QED) is 0.708. The lowest BCUT2D eigenvalue weighted by atomic mass is 10.1. The van der Waals surface area contributed by atoms with E-state index in [2.05, 4.69) is 14.9 Å². The molecule has 0 saturated carbocycles. The van der Waals surface area contributed by atoms with Crippen molar-refractivity contribution in [1.82, 2.24) is 14.9 Å². The Bertz CT molecular complexity index is 317. The monoisotopic (exact) mass is 263 g/mol. The Balaban J connectivity index is 2.32. The van der Waals surface area contributed by atoms with Crippen molar-refractivity contribution in [3.8, 4) is 0 Å². The van der Waals surface area contributed by atoms with Gasteiger partial charge in [-0.2, -0.15) is 0 Å². The van der Waals surface area contributed by atoms with Gasteiger partial charge in [-0.05, 0) is 26.4 Å². The van der Waals surface area contributed by atoms with E-state index in [4.69, 9.17) is 0 Å². The fraction of sp³-hybridized carbons (Fsp3) is 1.00. The van der Waals surface area contributed by atoms with Crippen LogP contribution in [-0.2, 0) is 10.0 Å². The van der Waals surface area contributed by atoms with Crippen molar-refractivity contribution in [2.45, 2.75) is 38.8 Å². The molecule has 1 unspecified atom stereocenters. The van der Waals surface area contributed by atoms with Crippen LogP contribution in [0.2, 0.25) is 0 Å².